The van der Waals surface area contributed by atoms with Gasteiger partial charge in [-0.2, -0.15) is 0 Å². The third kappa shape index (κ3) is 2.94. The summed E-state index contributed by atoms with van der Waals surface area (Å²) in [5.41, 5.74) is 8.54. The highest BCUT2D eigenvalue weighted by molar-refractivity contribution is 5.92. The first-order valence-corrected chi connectivity index (χ1v) is 8.45. The Morgan fingerprint density at radius 2 is 2.08 bits per heavy atom. The second kappa shape index (κ2) is 6.53. The van der Waals surface area contributed by atoms with Gasteiger partial charge in [-0.25, -0.2) is 5.43 Å². The lowest BCUT2D eigenvalue weighted by molar-refractivity contribution is 0.0937. The zero-order valence-electron chi connectivity index (χ0n) is 14.1. The third-order valence-corrected chi connectivity index (χ3v) is 4.62. The maximum atomic E-state index is 12.5. The van der Waals surface area contributed by atoms with Gasteiger partial charge in [-0.15, -0.1) is 0 Å². The minimum Gasteiger partial charge on any atom is -0.344 e. The number of carbonyl (C=O) groups excluding carboxylic acids is 1. The number of amides is 1. The first-order valence-electron chi connectivity index (χ1n) is 8.45. The lowest BCUT2D eigenvalue weighted by Gasteiger charge is -2.25. The molecule has 1 aliphatic heterocycles. The number of nitrogens with zero attached hydrogens (tertiary/aromatic N) is 2. The summed E-state index contributed by atoms with van der Waals surface area (Å²) in [6.45, 7) is 2.82. The van der Waals surface area contributed by atoms with Gasteiger partial charge in [0.1, 0.15) is 5.69 Å². The Bertz CT molecular complexity index is 857. The summed E-state index contributed by atoms with van der Waals surface area (Å²) in [6, 6.07) is 13.6. The van der Waals surface area contributed by atoms with Crippen LogP contribution in [0, 0.1) is 6.92 Å². The molecular weight excluding hydrogens is 312 g/mol. The number of hydrazine groups is 1. The van der Waals surface area contributed by atoms with Crippen LogP contribution in [0.15, 0.2) is 72.1 Å². The molecule has 1 atom stereocenters. The van der Waals surface area contributed by atoms with Gasteiger partial charge >= 0.3 is 0 Å². The fourth-order valence-electron chi connectivity index (χ4n) is 3.33. The molecule has 2 N–H and O–H groups in total. The van der Waals surface area contributed by atoms with Gasteiger partial charge in [0, 0.05) is 12.7 Å². The van der Waals surface area contributed by atoms with Gasteiger partial charge in [0.15, 0.2) is 0 Å². The van der Waals surface area contributed by atoms with Crippen LogP contribution in [0.1, 0.15) is 22.5 Å². The predicted octanol–water partition coefficient (Wildman–Crippen LogP) is 2.73. The molecule has 2 heterocycles. The van der Waals surface area contributed by atoms with Crippen molar-refractivity contribution in [2.75, 3.05) is 11.6 Å². The van der Waals surface area contributed by atoms with Crippen molar-refractivity contribution in [2.45, 2.75) is 19.4 Å². The molecule has 25 heavy (non-hydrogen) atoms. The fourth-order valence-corrected chi connectivity index (χ4v) is 3.33. The van der Waals surface area contributed by atoms with Gasteiger partial charge in [0.05, 0.1) is 17.4 Å². The van der Waals surface area contributed by atoms with E-state index in [4.69, 9.17) is 0 Å². The van der Waals surface area contributed by atoms with Crippen molar-refractivity contribution >= 4 is 11.6 Å². The lowest BCUT2D eigenvalue weighted by atomic mass is 9.96. The first-order chi connectivity index (χ1) is 12.2. The summed E-state index contributed by atoms with van der Waals surface area (Å²) >= 11 is 0. The summed E-state index contributed by atoms with van der Waals surface area (Å²) < 4.78 is 0. The van der Waals surface area contributed by atoms with E-state index in [9.17, 15) is 4.79 Å². The third-order valence-electron chi connectivity index (χ3n) is 4.62. The monoisotopic (exact) mass is 332 g/mol. The zero-order chi connectivity index (χ0) is 17.2. The van der Waals surface area contributed by atoms with Crippen LogP contribution in [0.5, 0.6) is 0 Å². The Balaban J connectivity index is 1.59. The summed E-state index contributed by atoms with van der Waals surface area (Å²) in [5, 5.41) is 5.23. The summed E-state index contributed by atoms with van der Waals surface area (Å²) in [4.78, 5) is 16.6. The molecule has 0 saturated carbocycles. The molecule has 0 spiro atoms. The maximum absolute atomic E-state index is 12.5. The van der Waals surface area contributed by atoms with Crippen LogP contribution >= 0.6 is 0 Å². The average molecular weight is 332 g/mol. The van der Waals surface area contributed by atoms with E-state index in [-0.39, 0.29) is 11.9 Å². The molecule has 5 heteroatoms. The first kappa shape index (κ1) is 15.6. The van der Waals surface area contributed by atoms with Crippen LogP contribution in [-0.4, -0.2) is 23.5 Å². The summed E-state index contributed by atoms with van der Waals surface area (Å²) in [6.07, 6.45) is 6.67. The number of anilines is 1. The van der Waals surface area contributed by atoms with Crippen LogP contribution in [0.3, 0.4) is 0 Å². The van der Waals surface area contributed by atoms with E-state index in [1.165, 1.54) is 11.1 Å². The molecule has 2 aliphatic rings. The SMILES string of the molecule is Cc1ccccc1N1NCC2=C1C=CC[C@H]2NC(=O)c1ccccn1. The minimum absolute atomic E-state index is 0.0176. The van der Waals surface area contributed by atoms with E-state index >= 15 is 0 Å². The second-order valence-corrected chi connectivity index (χ2v) is 6.25. The van der Waals surface area contributed by atoms with Crippen molar-refractivity contribution in [1.29, 1.82) is 0 Å². The van der Waals surface area contributed by atoms with Crippen LogP contribution in [-0.2, 0) is 0 Å². The lowest BCUT2D eigenvalue weighted by Crippen LogP contribution is -2.38. The Morgan fingerprint density at radius 3 is 2.88 bits per heavy atom. The molecule has 4 rings (SSSR count). The fraction of sp³-hybridized carbons (Fsp3) is 0.200. The van der Waals surface area contributed by atoms with Crippen LogP contribution < -0.4 is 15.8 Å². The molecule has 1 amide bonds. The summed E-state index contributed by atoms with van der Waals surface area (Å²) in [5.74, 6) is -0.137. The molecular formula is C20H20N4O. The van der Waals surface area contributed by atoms with Gasteiger partial charge in [-0.05, 0) is 48.8 Å². The second-order valence-electron chi connectivity index (χ2n) is 6.25. The number of rotatable bonds is 3. The van der Waals surface area contributed by atoms with Crippen molar-refractivity contribution in [2.24, 2.45) is 0 Å². The molecule has 1 aromatic heterocycles. The molecule has 1 aliphatic carbocycles. The Morgan fingerprint density at radius 1 is 1.24 bits per heavy atom. The quantitative estimate of drug-likeness (QED) is 0.907. The number of aromatic nitrogens is 1. The van der Waals surface area contributed by atoms with E-state index in [0.29, 0.717) is 5.69 Å². The molecule has 126 valence electrons. The van der Waals surface area contributed by atoms with Gasteiger partial charge in [-0.1, -0.05) is 30.3 Å². The maximum Gasteiger partial charge on any atom is 0.270 e. The molecule has 1 aromatic carbocycles. The van der Waals surface area contributed by atoms with Crippen LogP contribution in [0.2, 0.25) is 0 Å². The number of hydrogen-bond donors (Lipinski definition) is 2. The van der Waals surface area contributed by atoms with Gasteiger partial charge in [-0.3, -0.25) is 14.8 Å². The Kier molecular flexibility index (Phi) is 4.07. The minimum atomic E-state index is -0.137. The summed E-state index contributed by atoms with van der Waals surface area (Å²) in [7, 11) is 0. The number of para-hydroxylation sites is 1. The average Bonchev–Trinajstić information content (AvgIpc) is 3.08. The number of pyridine rings is 1. The normalized spacial score (nSPS) is 19.1. The van der Waals surface area contributed by atoms with E-state index in [0.717, 1.165) is 24.4 Å². The number of carbonyl (C=O) groups is 1. The Labute approximate surface area is 147 Å². The van der Waals surface area contributed by atoms with Crippen LogP contribution in [0.4, 0.5) is 5.69 Å². The number of hydrogen-bond acceptors (Lipinski definition) is 4. The van der Waals surface area contributed by atoms with Crippen molar-refractivity contribution in [3.63, 3.8) is 0 Å². The predicted molar refractivity (Wildman–Crippen MR) is 97.9 cm³/mol. The van der Waals surface area contributed by atoms with Crippen LogP contribution in [0.25, 0.3) is 0 Å². The van der Waals surface area contributed by atoms with Gasteiger partial charge in [0.2, 0.25) is 0 Å². The van der Waals surface area contributed by atoms with Crippen molar-refractivity contribution in [1.82, 2.24) is 15.7 Å². The number of nitrogens with one attached hydrogen (secondary N) is 2. The molecule has 2 aromatic rings. The molecule has 0 saturated heterocycles. The van der Waals surface area contributed by atoms with Gasteiger partial charge < -0.3 is 5.32 Å². The molecule has 0 bridgehead atoms. The molecule has 0 radical (unpaired) electrons. The van der Waals surface area contributed by atoms with E-state index in [1.807, 2.05) is 24.3 Å². The number of allylic oxidation sites excluding steroid dienone is 1. The van der Waals surface area contributed by atoms with E-state index < -0.39 is 0 Å². The molecule has 0 unspecified atom stereocenters. The standard InChI is InChI=1S/C20H20N4O/c1-14-7-2-3-10-18(14)24-19-11-6-9-16(15(19)13-22-24)23-20(25)17-8-4-5-12-21-17/h2-8,10-12,16,22H,9,13H2,1H3,(H,23,25)/t16-/m1/s1. The molecule has 5 nitrogen and oxygen atoms in total. The topological polar surface area (TPSA) is 57.3 Å². The highest BCUT2D eigenvalue weighted by Gasteiger charge is 2.30. The highest BCUT2D eigenvalue weighted by Crippen LogP contribution is 2.31. The molecule has 0 fully saturated rings. The smallest absolute Gasteiger partial charge is 0.270 e. The number of aryl methyl sites for hydroxylation is 1. The van der Waals surface area contributed by atoms with Crippen molar-refractivity contribution < 1.29 is 4.79 Å². The van der Waals surface area contributed by atoms with Crippen molar-refractivity contribution in [3.05, 3.63) is 83.3 Å². The highest BCUT2D eigenvalue weighted by atomic mass is 16.1. The Hall–Kier alpha value is -2.92. The van der Waals surface area contributed by atoms with E-state index in [1.54, 1.807) is 12.3 Å². The van der Waals surface area contributed by atoms with Gasteiger partial charge in [0.25, 0.3) is 5.91 Å². The number of benzene rings is 1. The largest absolute Gasteiger partial charge is 0.344 e. The van der Waals surface area contributed by atoms with E-state index in [2.05, 4.69) is 51.9 Å². The van der Waals surface area contributed by atoms with Crippen molar-refractivity contribution in [3.8, 4) is 0 Å². The zero-order valence-corrected chi connectivity index (χ0v) is 14.1.